The van der Waals surface area contributed by atoms with E-state index in [0.717, 1.165) is 18.2 Å². The number of aliphatic carboxylic acids is 1. The number of alkyl halides is 3. The molecule has 3 aromatic carbocycles. The molecule has 0 aliphatic carbocycles. The second kappa shape index (κ2) is 18.3. The number of amides is 5. The fourth-order valence-corrected chi connectivity index (χ4v) is 6.66. The van der Waals surface area contributed by atoms with Gasteiger partial charge in [-0.2, -0.15) is 13.2 Å². The van der Waals surface area contributed by atoms with Gasteiger partial charge in [-0.15, -0.1) is 11.3 Å². The molecule has 1 aromatic heterocycles. The van der Waals surface area contributed by atoms with Crippen molar-refractivity contribution in [2.24, 2.45) is 0 Å². The van der Waals surface area contributed by atoms with Crippen molar-refractivity contribution in [1.29, 1.82) is 0 Å². The third-order valence-corrected chi connectivity index (χ3v) is 9.65. The van der Waals surface area contributed by atoms with Gasteiger partial charge in [-0.1, -0.05) is 66.7 Å². The highest BCUT2D eigenvalue weighted by Crippen LogP contribution is 2.30. The average molecular weight is 778 g/mol. The van der Waals surface area contributed by atoms with Crippen LogP contribution in [0.5, 0.6) is 0 Å². The molecule has 5 amide bonds. The Bertz CT molecular complexity index is 1990. The molecule has 2 bridgehead atoms. The van der Waals surface area contributed by atoms with E-state index < -0.39 is 77.8 Å². The highest BCUT2D eigenvalue weighted by atomic mass is 32.1. The molecule has 16 heteroatoms. The van der Waals surface area contributed by atoms with Crippen LogP contribution in [0.4, 0.5) is 18.9 Å². The Morgan fingerprint density at radius 1 is 0.673 bits per heavy atom. The molecule has 2 aliphatic rings. The van der Waals surface area contributed by atoms with Crippen molar-refractivity contribution >= 4 is 52.5 Å². The molecule has 0 unspecified atom stereocenters. The Labute approximate surface area is 317 Å². The van der Waals surface area contributed by atoms with Crippen LogP contribution >= 0.6 is 11.3 Å². The summed E-state index contributed by atoms with van der Waals surface area (Å²) in [4.78, 5) is 80.8. The first-order valence-corrected chi connectivity index (χ1v) is 18.2. The monoisotopic (exact) mass is 777 g/mol. The number of carboxylic acids is 1. The molecule has 0 spiro atoms. The first-order chi connectivity index (χ1) is 26.2. The molecule has 6 rings (SSSR count). The molecule has 2 aliphatic heterocycles. The zero-order valence-electron chi connectivity index (χ0n) is 29.2. The van der Waals surface area contributed by atoms with Crippen molar-refractivity contribution in [1.82, 2.24) is 21.3 Å². The van der Waals surface area contributed by atoms with Gasteiger partial charge in [0, 0.05) is 49.1 Å². The number of fused-ring (bicyclic) bond motifs is 18. The Hall–Kier alpha value is -6.03. The van der Waals surface area contributed by atoms with E-state index in [0.29, 0.717) is 21.7 Å². The number of halogens is 3. The van der Waals surface area contributed by atoms with Crippen molar-refractivity contribution in [3.8, 4) is 0 Å². The molecule has 4 aromatic rings. The summed E-state index contributed by atoms with van der Waals surface area (Å²) in [6.45, 7) is 0. The molecule has 6 N–H and O–H groups in total. The van der Waals surface area contributed by atoms with E-state index in [2.05, 4.69) is 26.6 Å². The number of carbonyl (C=O) groups is 6. The normalized spacial score (nSPS) is 20.6. The minimum atomic E-state index is -4.70. The lowest BCUT2D eigenvalue weighted by molar-refractivity contribution is -0.142. The third kappa shape index (κ3) is 12.0. The summed E-state index contributed by atoms with van der Waals surface area (Å²) in [5, 5.41) is 24.7. The van der Waals surface area contributed by atoms with Gasteiger partial charge in [0.2, 0.25) is 29.5 Å². The van der Waals surface area contributed by atoms with E-state index in [9.17, 15) is 47.0 Å². The molecular weight excluding hydrogens is 740 g/mol. The molecule has 12 nitrogen and oxygen atoms in total. The molecule has 55 heavy (non-hydrogen) atoms. The highest BCUT2D eigenvalue weighted by molar-refractivity contribution is 7.09. The summed E-state index contributed by atoms with van der Waals surface area (Å²) in [5.41, 5.74) is 0.521. The molecule has 0 fully saturated rings. The standard InChI is InChI=1S/C39H38F3N5O7S/c40-39(41,42)26-9-4-8-25(18-26)21-30-35(50)45-29(19-23-6-2-1-3-7-23)36(51)47-32(38(53)54)20-24-11-13-27(14-12-24)43-33(48)15-16-34(49)44-31(37(52)46-30)22-28-10-5-17-55-28/h1-14,17-18,29-32H,15-16,19-22H2,(H,43,48)(H,44,49)(H,45,50)(H,46,52)(H,47,51)(H,53,54)/t29-,30+,31-,32+/m1/s1. The number of anilines is 1. The van der Waals surface area contributed by atoms with Gasteiger partial charge in [-0.25, -0.2) is 4.79 Å². The van der Waals surface area contributed by atoms with Gasteiger partial charge in [-0.3, -0.25) is 24.0 Å². The van der Waals surface area contributed by atoms with Crippen LogP contribution in [0.25, 0.3) is 0 Å². The van der Waals surface area contributed by atoms with E-state index in [1.807, 2.05) is 0 Å². The molecule has 4 atom stereocenters. The predicted molar refractivity (Wildman–Crippen MR) is 197 cm³/mol. The molecule has 288 valence electrons. The fraction of sp³-hybridized carbons (Fsp3) is 0.282. The summed E-state index contributed by atoms with van der Waals surface area (Å²) in [6.07, 6.45) is -6.00. The highest BCUT2D eigenvalue weighted by Gasteiger charge is 2.34. The maximum atomic E-state index is 14.2. The van der Waals surface area contributed by atoms with E-state index in [1.165, 1.54) is 17.4 Å². The summed E-state index contributed by atoms with van der Waals surface area (Å²) in [5.74, 6) is -5.19. The lowest BCUT2D eigenvalue weighted by Gasteiger charge is -2.26. The SMILES string of the molecule is O=C1CCC(=O)N[C@H](Cc2cccs2)C(=O)N[C@@H](Cc2cccc(C(F)(F)F)c2)C(=O)N[C@H](Cc2ccccc2)C(=O)N[C@H](C(=O)O)Cc2ccc(cc2)N1. The number of carbonyl (C=O) groups excluding carboxylic acids is 5. The first-order valence-electron chi connectivity index (χ1n) is 17.3. The van der Waals surface area contributed by atoms with Crippen LogP contribution in [-0.4, -0.2) is 64.8 Å². The maximum Gasteiger partial charge on any atom is 0.416 e. The van der Waals surface area contributed by atoms with Crippen LogP contribution in [0, 0.1) is 0 Å². The summed E-state index contributed by atoms with van der Waals surface area (Å²) >= 11 is 1.30. The van der Waals surface area contributed by atoms with Gasteiger partial charge in [0.05, 0.1) is 5.56 Å². The number of hydrogen-bond acceptors (Lipinski definition) is 7. The summed E-state index contributed by atoms with van der Waals surface area (Å²) < 4.78 is 41.0. The molecule has 0 radical (unpaired) electrons. The van der Waals surface area contributed by atoms with E-state index >= 15 is 0 Å². The third-order valence-electron chi connectivity index (χ3n) is 8.75. The van der Waals surface area contributed by atoms with Crippen LogP contribution in [0.15, 0.2) is 96.4 Å². The van der Waals surface area contributed by atoms with Crippen molar-refractivity contribution in [3.63, 3.8) is 0 Å². The van der Waals surface area contributed by atoms with Gasteiger partial charge >= 0.3 is 12.1 Å². The molecule has 0 saturated heterocycles. The van der Waals surface area contributed by atoms with Gasteiger partial charge in [0.25, 0.3) is 0 Å². The zero-order valence-corrected chi connectivity index (χ0v) is 30.0. The van der Waals surface area contributed by atoms with Crippen molar-refractivity contribution in [2.45, 2.75) is 68.9 Å². The van der Waals surface area contributed by atoms with E-state index in [-0.39, 0.29) is 37.7 Å². The smallest absolute Gasteiger partial charge is 0.416 e. The Kier molecular flexibility index (Phi) is 13.4. The van der Waals surface area contributed by atoms with Gasteiger partial charge in [0.1, 0.15) is 24.2 Å². The van der Waals surface area contributed by atoms with Gasteiger partial charge < -0.3 is 31.7 Å². The first kappa shape index (κ1) is 40.2. The van der Waals surface area contributed by atoms with Crippen LogP contribution in [0.1, 0.15) is 40.0 Å². The summed E-state index contributed by atoms with van der Waals surface area (Å²) in [7, 11) is 0. The van der Waals surface area contributed by atoms with E-state index in [1.54, 1.807) is 72.1 Å². The molecular formula is C39H38F3N5O7S. The Balaban J connectivity index is 1.52. The largest absolute Gasteiger partial charge is 0.480 e. The predicted octanol–water partition coefficient (Wildman–Crippen LogP) is 3.79. The van der Waals surface area contributed by atoms with Crippen LogP contribution in [0.3, 0.4) is 0 Å². The fourth-order valence-electron chi connectivity index (χ4n) is 5.91. The van der Waals surface area contributed by atoms with Crippen LogP contribution in [0.2, 0.25) is 0 Å². The van der Waals surface area contributed by atoms with Crippen molar-refractivity contribution < 1.29 is 47.0 Å². The molecule has 0 saturated carbocycles. The topological polar surface area (TPSA) is 183 Å². The Morgan fingerprint density at radius 3 is 1.89 bits per heavy atom. The van der Waals surface area contributed by atoms with E-state index in [4.69, 9.17) is 0 Å². The lowest BCUT2D eigenvalue weighted by Crippen LogP contribution is -2.59. The number of benzene rings is 3. The second-order valence-corrected chi connectivity index (χ2v) is 14.0. The summed E-state index contributed by atoms with van der Waals surface area (Å²) in [6, 6.07) is 16.7. The number of hydrogen-bond donors (Lipinski definition) is 6. The minimum absolute atomic E-state index is 0.0126. The number of nitrogens with one attached hydrogen (secondary N) is 5. The quantitative estimate of drug-likeness (QED) is 0.154. The van der Waals surface area contributed by atoms with Crippen molar-refractivity contribution in [2.75, 3.05) is 5.32 Å². The van der Waals surface area contributed by atoms with Crippen LogP contribution < -0.4 is 26.6 Å². The number of rotatable bonds is 7. The maximum absolute atomic E-state index is 14.2. The van der Waals surface area contributed by atoms with Crippen LogP contribution in [-0.2, 0) is 60.6 Å². The van der Waals surface area contributed by atoms with Crippen molar-refractivity contribution in [3.05, 3.63) is 124 Å². The Morgan fingerprint density at radius 2 is 1.27 bits per heavy atom. The minimum Gasteiger partial charge on any atom is -0.480 e. The number of carboxylic acid groups (broad SMARTS) is 1. The second-order valence-electron chi connectivity index (χ2n) is 13.0. The molecule has 3 heterocycles. The number of thiophene rings is 1. The zero-order chi connectivity index (χ0) is 39.5. The van der Waals surface area contributed by atoms with Gasteiger partial charge in [-0.05, 0) is 46.3 Å². The average Bonchev–Trinajstić information content (AvgIpc) is 3.66. The lowest BCUT2D eigenvalue weighted by atomic mass is 10.00. The van der Waals surface area contributed by atoms with Gasteiger partial charge in [0.15, 0.2) is 0 Å².